The number of hydrogen-bond acceptors (Lipinski definition) is 7. The number of nitrogens with zero attached hydrogens (tertiary/aromatic N) is 4. The fourth-order valence-corrected chi connectivity index (χ4v) is 9.20. The zero-order chi connectivity index (χ0) is 23.3. The van der Waals surface area contributed by atoms with Crippen LogP contribution in [0.1, 0.15) is 16.1 Å². The molecular formula is C25H22N4O2S3. The molecule has 1 aliphatic heterocycles. The molecule has 0 unspecified atom stereocenters. The Hall–Kier alpha value is -2.75. The van der Waals surface area contributed by atoms with E-state index in [1.807, 2.05) is 65.6 Å². The molecule has 0 atom stereocenters. The lowest BCUT2D eigenvalue weighted by atomic mass is 10.1. The normalized spacial score (nSPS) is 15.4. The van der Waals surface area contributed by atoms with E-state index in [9.17, 15) is 4.79 Å². The minimum Gasteiger partial charge on any atom is -0.497 e. The third kappa shape index (κ3) is 3.37. The molecule has 1 fully saturated rings. The van der Waals surface area contributed by atoms with Crippen molar-refractivity contribution in [1.82, 2.24) is 19.3 Å². The molecule has 0 aliphatic carbocycles. The largest absolute Gasteiger partial charge is 0.497 e. The molecule has 0 bridgehead atoms. The number of methoxy groups -OCH3 is 1. The van der Waals surface area contributed by atoms with Gasteiger partial charge in [-0.25, -0.2) is 9.67 Å². The van der Waals surface area contributed by atoms with E-state index in [-0.39, 0.29) is 9.64 Å². The monoisotopic (exact) mass is 506 g/mol. The van der Waals surface area contributed by atoms with Crippen molar-refractivity contribution in [2.24, 2.45) is 7.05 Å². The van der Waals surface area contributed by atoms with Gasteiger partial charge in [-0.05, 0) is 23.3 Å². The van der Waals surface area contributed by atoms with Crippen LogP contribution in [-0.4, -0.2) is 37.9 Å². The van der Waals surface area contributed by atoms with Gasteiger partial charge >= 0.3 is 0 Å². The summed E-state index contributed by atoms with van der Waals surface area (Å²) in [5, 5.41) is 6.46. The smallest absolute Gasteiger partial charge is 0.291 e. The lowest BCUT2D eigenvalue weighted by Gasteiger charge is -2.25. The Morgan fingerprint density at radius 2 is 1.88 bits per heavy atom. The van der Waals surface area contributed by atoms with E-state index in [1.54, 1.807) is 18.4 Å². The van der Waals surface area contributed by atoms with E-state index in [2.05, 4.69) is 35.4 Å². The predicted molar refractivity (Wildman–Crippen MR) is 142 cm³/mol. The van der Waals surface area contributed by atoms with Gasteiger partial charge in [-0.3, -0.25) is 4.79 Å². The molecule has 3 aromatic heterocycles. The van der Waals surface area contributed by atoms with Crippen LogP contribution in [0.2, 0.25) is 0 Å². The number of fused-ring (bicyclic) bond motifs is 3. The molecule has 34 heavy (non-hydrogen) atoms. The maximum atomic E-state index is 13.4. The van der Waals surface area contributed by atoms with Gasteiger partial charge in [0.25, 0.3) is 5.56 Å². The van der Waals surface area contributed by atoms with Crippen molar-refractivity contribution >= 4 is 56.1 Å². The quantitative estimate of drug-likeness (QED) is 0.331. The molecule has 0 amide bonds. The molecule has 1 aliphatic rings. The molecule has 5 aromatic rings. The van der Waals surface area contributed by atoms with Gasteiger partial charge in [-0.1, -0.05) is 42.5 Å². The van der Waals surface area contributed by atoms with Crippen LogP contribution in [0.3, 0.4) is 0 Å². The molecular weight excluding hydrogens is 485 g/mol. The van der Waals surface area contributed by atoms with Gasteiger partial charge in [0.2, 0.25) is 0 Å². The summed E-state index contributed by atoms with van der Waals surface area (Å²) in [6.07, 6.45) is 1.81. The number of aromatic nitrogens is 4. The van der Waals surface area contributed by atoms with Crippen LogP contribution in [0.15, 0.2) is 65.6 Å². The van der Waals surface area contributed by atoms with Gasteiger partial charge in [0.15, 0.2) is 5.65 Å². The molecule has 0 saturated carbocycles. The fraction of sp³-hybridized carbons (Fsp3) is 0.240. The molecule has 4 heterocycles. The first-order chi connectivity index (χ1) is 16.6. The van der Waals surface area contributed by atoms with E-state index < -0.39 is 0 Å². The zero-order valence-electron chi connectivity index (χ0n) is 18.7. The van der Waals surface area contributed by atoms with Crippen LogP contribution in [0, 0.1) is 0 Å². The molecule has 1 saturated heterocycles. The SMILES string of the molecule is COc1cccc(Cn2ncc3c4sc(C5(c6ccccc6)SCCS5)nc4n(C)c3c2=O)c1. The Kier molecular flexibility index (Phi) is 5.43. The van der Waals surface area contributed by atoms with Crippen molar-refractivity contribution < 1.29 is 4.74 Å². The minimum atomic E-state index is -0.202. The second-order valence-corrected chi connectivity index (χ2v) is 12.0. The van der Waals surface area contributed by atoms with Crippen LogP contribution in [0.25, 0.3) is 21.3 Å². The predicted octanol–water partition coefficient (Wildman–Crippen LogP) is 5.08. The molecule has 6 rings (SSSR count). The average Bonchev–Trinajstić information content (AvgIpc) is 3.59. The summed E-state index contributed by atoms with van der Waals surface area (Å²) in [5.74, 6) is 2.94. The number of ether oxygens (including phenoxy) is 1. The molecule has 2 aromatic carbocycles. The first-order valence-electron chi connectivity index (χ1n) is 10.9. The van der Waals surface area contributed by atoms with Crippen LogP contribution in [-0.2, 0) is 17.7 Å². The van der Waals surface area contributed by atoms with Crippen molar-refractivity contribution in [3.8, 4) is 5.75 Å². The third-order valence-corrected chi connectivity index (χ3v) is 11.0. The Morgan fingerprint density at radius 1 is 1.09 bits per heavy atom. The Morgan fingerprint density at radius 3 is 2.65 bits per heavy atom. The fourth-order valence-electron chi connectivity index (χ4n) is 4.47. The summed E-state index contributed by atoms with van der Waals surface area (Å²) in [7, 11) is 3.56. The number of benzene rings is 2. The zero-order valence-corrected chi connectivity index (χ0v) is 21.2. The minimum absolute atomic E-state index is 0.114. The van der Waals surface area contributed by atoms with Gasteiger partial charge in [0.1, 0.15) is 20.4 Å². The van der Waals surface area contributed by atoms with Gasteiger partial charge in [-0.15, -0.1) is 34.9 Å². The van der Waals surface area contributed by atoms with E-state index in [4.69, 9.17) is 9.72 Å². The number of thiazole rings is 1. The molecule has 172 valence electrons. The summed E-state index contributed by atoms with van der Waals surface area (Å²) in [4.78, 5) is 18.5. The van der Waals surface area contributed by atoms with E-state index in [0.29, 0.717) is 12.1 Å². The van der Waals surface area contributed by atoms with Gasteiger partial charge < -0.3 is 9.30 Å². The Bertz CT molecular complexity index is 1570. The highest BCUT2D eigenvalue weighted by molar-refractivity contribution is 8.21. The standard InChI is InChI=1S/C25H22N4O2S3/c1-28-20-19(14-26-29(23(20)30)15-16-7-6-10-18(13-16)31-2)21-22(28)27-24(34-21)25(32-11-12-33-25)17-8-4-3-5-9-17/h3-10,13-14H,11-12,15H2,1-2H3. The average molecular weight is 507 g/mol. The van der Waals surface area contributed by atoms with Crippen LogP contribution in [0.4, 0.5) is 0 Å². The van der Waals surface area contributed by atoms with Gasteiger partial charge in [0.05, 0.1) is 24.6 Å². The summed E-state index contributed by atoms with van der Waals surface area (Å²) in [6, 6.07) is 18.3. The maximum absolute atomic E-state index is 13.4. The summed E-state index contributed by atoms with van der Waals surface area (Å²) < 4.78 is 9.57. The number of hydrogen-bond donors (Lipinski definition) is 0. The molecule has 0 spiro atoms. The van der Waals surface area contributed by atoms with E-state index >= 15 is 0 Å². The maximum Gasteiger partial charge on any atom is 0.291 e. The third-order valence-electron chi connectivity index (χ3n) is 6.12. The molecule has 6 nitrogen and oxygen atoms in total. The van der Waals surface area contributed by atoms with Crippen molar-refractivity contribution in [3.05, 3.63) is 87.3 Å². The van der Waals surface area contributed by atoms with Crippen LogP contribution < -0.4 is 10.3 Å². The van der Waals surface area contributed by atoms with Gasteiger partial charge in [-0.2, -0.15) is 5.10 Å². The van der Waals surface area contributed by atoms with Crippen molar-refractivity contribution in [2.45, 2.75) is 10.6 Å². The highest BCUT2D eigenvalue weighted by atomic mass is 32.2. The van der Waals surface area contributed by atoms with Crippen molar-refractivity contribution in [3.63, 3.8) is 0 Å². The highest BCUT2D eigenvalue weighted by Crippen LogP contribution is 2.57. The van der Waals surface area contributed by atoms with Crippen molar-refractivity contribution in [2.75, 3.05) is 18.6 Å². The topological polar surface area (TPSA) is 61.9 Å². The van der Waals surface area contributed by atoms with Gasteiger partial charge in [0, 0.05) is 23.9 Å². The first kappa shape index (κ1) is 21.8. The molecule has 0 radical (unpaired) electrons. The van der Waals surface area contributed by atoms with Crippen LogP contribution in [0.5, 0.6) is 5.75 Å². The Labute approximate surface area is 209 Å². The van der Waals surface area contributed by atoms with Crippen molar-refractivity contribution in [1.29, 1.82) is 0 Å². The molecule has 0 N–H and O–H groups in total. The second kappa shape index (κ2) is 8.48. The summed E-state index contributed by atoms with van der Waals surface area (Å²) in [5.41, 5.74) is 3.60. The second-order valence-electron chi connectivity index (χ2n) is 8.13. The summed E-state index contributed by atoms with van der Waals surface area (Å²) in [6.45, 7) is 0.383. The van der Waals surface area contributed by atoms with E-state index in [0.717, 1.165) is 43.6 Å². The molecule has 9 heteroatoms. The number of aryl methyl sites for hydroxylation is 1. The summed E-state index contributed by atoms with van der Waals surface area (Å²) >= 11 is 5.57. The number of thioether (sulfide) groups is 2. The first-order valence-corrected chi connectivity index (χ1v) is 13.7. The lowest BCUT2D eigenvalue weighted by Crippen LogP contribution is -2.24. The van der Waals surface area contributed by atoms with Crippen LogP contribution >= 0.6 is 34.9 Å². The Balaban J connectivity index is 1.46. The highest BCUT2D eigenvalue weighted by Gasteiger charge is 2.42. The number of rotatable bonds is 5. The van der Waals surface area contributed by atoms with E-state index in [1.165, 1.54) is 10.2 Å². The lowest BCUT2D eigenvalue weighted by molar-refractivity contribution is 0.414.